The maximum absolute atomic E-state index is 12.9. The molecular formula is C24H24ClN3O6S2. The van der Waals surface area contributed by atoms with Crippen LogP contribution in [0.25, 0.3) is 0 Å². The van der Waals surface area contributed by atoms with Gasteiger partial charge in [0.1, 0.15) is 5.75 Å². The lowest BCUT2D eigenvalue weighted by molar-refractivity contribution is -0.122. The number of hydrogen-bond acceptors (Lipinski definition) is 6. The minimum Gasteiger partial charge on any atom is -0.476 e. The first kappa shape index (κ1) is 25.8. The molecule has 1 aliphatic rings. The van der Waals surface area contributed by atoms with Crippen molar-refractivity contribution in [2.24, 2.45) is 0 Å². The third-order valence-electron chi connectivity index (χ3n) is 5.54. The molecule has 9 nitrogen and oxygen atoms in total. The van der Waals surface area contributed by atoms with Crippen LogP contribution in [0.15, 0.2) is 65.6 Å². The van der Waals surface area contributed by atoms with Crippen molar-refractivity contribution < 1.29 is 26.4 Å². The molecule has 0 spiro atoms. The molecule has 0 bridgehead atoms. The van der Waals surface area contributed by atoms with Gasteiger partial charge in [-0.05, 0) is 67.9 Å². The maximum Gasteiger partial charge on any atom is 0.267 e. The van der Waals surface area contributed by atoms with E-state index in [0.717, 1.165) is 21.7 Å². The van der Waals surface area contributed by atoms with E-state index in [1.807, 2.05) is 26.0 Å². The zero-order valence-corrected chi connectivity index (χ0v) is 22.0. The Hall–Kier alpha value is -3.28. The molecule has 1 amide bonds. The lowest BCUT2D eigenvalue weighted by Crippen LogP contribution is -2.48. The average molecular weight is 550 g/mol. The van der Waals surface area contributed by atoms with Crippen LogP contribution >= 0.6 is 11.6 Å². The second-order valence-electron chi connectivity index (χ2n) is 8.45. The number of sulfonamides is 2. The number of nitrogens with zero attached hydrogens (tertiary/aromatic N) is 1. The molecule has 1 aliphatic heterocycles. The summed E-state index contributed by atoms with van der Waals surface area (Å²) in [5.41, 5.74) is 2.86. The van der Waals surface area contributed by atoms with Crippen molar-refractivity contribution in [2.45, 2.75) is 24.8 Å². The summed E-state index contributed by atoms with van der Waals surface area (Å²) in [7, 11) is -7.55. The zero-order valence-electron chi connectivity index (χ0n) is 19.6. The van der Waals surface area contributed by atoms with Gasteiger partial charge in [-0.25, -0.2) is 16.8 Å². The minimum absolute atomic E-state index is 0.0171. The van der Waals surface area contributed by atoms with Crippen LogP contribution in [0.4, 0.5) is 17.1 Å². The van der Waals surface area contributed by atoms with Crippen LogP contribution in [0, 0.1) is 13.8 Å². The molecule has 3 aromatic rings. The third kappa shape index (κ3) is 5.58. The average Bonchev–Trinajstić information content (AvgIpc) is 2.80. The summed E-state index contributed by atoms with van der Waals surface area (Å²) in [6.07, 6.45) is -0.105. The van der Waals surface area contributed by atoms with Gasteiger partial charge in [0.15, 0.2) is 6.10 Å². The number of halogens is 1. The molecule has 190 valence electrons. The SMILES string of the molecule is Cc1ccc(NS(=O)(=O)c2ccc(NC(=O)[C@@H]3CN(S(C)(=O)=O)c4cc(Cl)ccc4O3)cc2)c(C)c1. The Morgan fingerprint density at radius 2 is 1.69 bits per heavy atom. The van der Waals surface area contributed by atoms with E-state index in [2.05, 4.69) is 10.0 Å². The highest BCUT2D eigenvalue weighted by atomic mass is 35.5. The van der Waals surface area contributed by atoms with Crippen molar-refractivity contribution in [1.29, 1.82) is 0 Å². The number of ether oxygens (including phenoxy) is 1. The molecule has 1 atom stereocenters. The second kappa shape index (κ2) is 9.64. The van der Waals surface area contributed by atoms with Gasteiger partial charge in [0.25, 0.3) is 15.9 Å². The van der Waals surface area contributed by atoms with Crippen LogP contribution in [0.3, 0.4) is 0 Å². The van der Waals surface area contributed by atoms with Crippen LogP contribution in [0.1, 0.15) is 11.1 Å². The fourth-order valence-corrected chi connectivity index (χ4v) is 5.95. The molecule has 4 rings (SSSR count). The maximum atomic E-state index is 12.9. The molecule has 36 heavy (non-hydrogen) atoms. The van der Waals surface area contributed by atoms with Crippen molar-refractivity contribution in [3.63, 3.8) is 0 Å². The van der Waals surface area contributed by atoms with Crippen molar-refractivity contribution in [3.8, 4) is 5.75 Å². The van der Waals surface area contributed by atoms with Gasteiger partial charge in [-0.3, -0.25) is 13.8 Å². The van der Waals surface area contributed by atoms with Crippen molar-refractivity contribution in [3.05, 3.63) is 76.8 Å². The Labute approximate surface area is 215 Å². The number of hydrogen-bond donors (Lipinski definition) is 2. The summed E-state index contributed by atoms with van der Waals surface area (Å²) in [4.78, 5) is 12.9. The highest BCUT2D eigenvalue weighted by molar-refractivity contribution is 7.92. The summed E-state index contributed by atoms with van der Waals surface area (Å²) < 4.78 is 59.6. The summed E-state index contributed by atoms with van der Waals surface area (Å²) in [6, 6.07) is 15.5. The molecule has 12 heteroatoms. The number of benzene rings is 3. The minimum atomic E-state index is -3.85. The van der Waals surface area contributed by atoms with Crippen LogP contribution in [0.5, 0.6) is 5.75 Å². The van der Waals surface area contributed by atoms with Crippen LogP contribution in [-0.4, -0.2) is 41.6 Å². The smallest absolute Gasteiger partial charge is 0.267 e. The van der Waals surface area contributed by atoms with E-state index in [9.17, 15) is 21.6 Å². The lowest BCUT2D eigenvalue weighted by Gasteiger charge is -2.34. The van der Waals surface area contributed by atoms with E-state index < -0.39 is 32.1 Å². The third-order valence-corrected chi connectivity index (χ3v) is 8.30. The van der Waals surface area contributed by atoms with Gasteiger partial charge in [0.2, 0.25) is 10.0 Å². The van der Waals surface area contributed by atoms with Gasteiger partial charge in [-0.15, -0.1) is 0 Å². The Morgan fingerprint density at radius 1 is 1.00 bits per heavy atom. The van der Waals surface area contributed by atoms with Gasteiger partial charge in [-0.1, -0.05) is 29.3 Å². The zero-order chi connectivity index (χ0) is 26.3. The predicted molar refractivity (Wildman–Crippen MR) is 140 cm³/mol. The molecule has 0 aliphatic carbocycles. The molecule has 0 saturated carbocycles. The fraction of sp³-hybridized carbons (Fsp3) is 0.208. The van der Waals surface area contributed by atoms with Gasteiger partial charge in [0.05, 0.1) is 29.1 Å². The number of amides is 1. The highest BCUT2D eigenvalue weighted by Crippen LogP contribution is 2.37. The standard InChI is InChI=1S/C24H24ClN3O6S2/c1-15-4-10-20(16(2)12-15)27-36(32,33)19-8-6-18(7-9-19)26-24(29)23-14-28(35(3,30)31)21-13-17(25)5-11-22(21)34-23/h4-13,23,27H,14H2,1-3H3,(H,26,29)/t23-/m0/s1. The van der Waals surface area contributed by atoms with E-state index >= 15 is 0 Å². The Bertz CT molecular complexity index is 1540. The summed E-state index contributed by atoms with van der Waals surface area (Å²) >= 11 is 6.00. The summed E-state index contributed by atoms with van der Waals surface area (Å²) in [5.74, 6) is -0.386. The number of anilines is 3. The van der Waals surface area contributed by atoms with E-state index in [-0.39, 0.29) is 22.9 Å². The summed E-state index contributed by atoms with van der Waals surface area (Å²) in [6.45, 7) is 3.49. The number of fused-ring (bicyclic) bond motifs is 1. The molecule has 0 radical (unpaired) electrons. The monoisotopic (exact) mass is 549 g/mol. The molecular weight excluding hydrogens is 526 g/mol. The summed E-state index contributed by atoms with van der Waals surface area (Å²) in [5, 5.41) is 2.97. The topological polar surface area (TPSA) is 122 Å². The van der Waals surface area contributed by atoms with Gasteiger partial charge in [-0.2, -0.15) is 0 Å². The molecule has 0 unspecified atom stereocenters. The van der Waals surface area contributed by atoms with Crippen LogP contribution < -0.4 is 19.1 Å². The first-order chi connectivity index (χ1) is 16.8. The van der Waals surface area contributed by atoms with Crippen LogP contribution in [-0.2, 0) is 24.8 Å². The Balaban J connectivity index is 1.49. The van der Waals surface area contributed by atoms with Crippen molar-refractivity contribution >= 4 is 54.6 Å². The fourth-order valence-electron chi connectivity index (χ4n) is 3.75. The Morgan fingerprint density at radius 3 is 2.33 bits per heavy atom. The van der Waals surface area contributed by atoms with E-state index in [0.29, 0.717) is 16.4 Å². The quantitative estimate of drug-likeness (QED) is 0.480. The number of nitrogens with one attached hydrogen (secondary N) is 2. The molecule has 1 heterocycles. The molecule has 0 aromatic heterocycles. The van der Waals surface area contributed by atoms with Crippen LogP contribution in [0.2, 0.25) is 5.02 Å². The highest BCUT2D eigenvalue weighted by Gasteiger charge is 2.35. The molecule has 3 aromatic carbocycles. The number of carbonyl (C=O) groups excluding carboxylic acids is 1. The first-order valence-corrected chi connectivity index (χ1v) is 14.5. The van der Waals surface area contributed by atoms with E-state index in [1.165, 1.54) is 42.5 Å². The number of aryl methyl sites for hydroxylation is 2. The molecule has 0 fully saturated rings. The normalized spacial score (nSPS) is 15.6. The van der Waals surface area contributed by atoms with Crippen molar-refractivity contribution in [1.82, 2.24) is 0 Å². The first-order valence-electron chi connectivity index (χ1n) is 10.8. The largest absolute Gasteiger partial charge is 0.476 e. The Kier molecular flexibility index (Phi) is 6.91. The van der Waals surface area contributed by atoms with Crippen molar-refractivity contribution in [2.75, 3.05) is 27.1 Å². The van der Waals surface area contributed by atoms with Gasteiger partial charge < -0.3 is 10.1 Å². The lowest BCUT2D eigenvalue weighted by atomic mass is 10.1. The van der Waals surface area contributed by atoms with Gasteiger partial charge >= 0.3 is 0 Å². The second-order valence-corrected chi connectivity index (χ2v) is 12.5. The van der Waals surface area contributed by atoms with E-state index in [1.54, 1.807) is 6.07 Å². The predicted octanol–water partition coefficient (Wildman–Crippen LogP) is 3.92. The number of rotatable bonds is 6. The molecule has 2 N–H and O–H groups in total. The molecule has 0 saturated heterocycles. The van der Waals surface area contributed by atoms with E-state index in [4.69, 9.17) is 16.3 Å². The van der Waals surface area contributed by atoms with Gasteiger partial charge in [0, 0.05) is 10.7 Å². The number of carbonyl (C=O) groups is 1.